The summed E-state index contributed by atoms with van der Waals surface area (Å²) in [6.45, 7) is 8.96. The van der Waals surface area contributed by atoms with Crippen LogP contribution in [0.25, 0.3) is 0 Å². The maximum absolute atomic E-state index is 13.5. The zero-order chi connectivity index (χ0) is 21.3. The highest BCUT2D eigenvalue weighted by molar-refractivity contribution is 5.85. The zero-order valence-corrected chi connectivity index (χ0v) is 19.2. The molecule has 1 aromatic rings. The largest absolute Gasteiger partial charge is 0.390 e. The molecule has 0 bridgehead atoms. The van der Waals surface area contributed by atoms with Crippen molar-refractivity contribution < 1.29 is 9.90 Å². The topological polar surface area (TPSA) is 68.0 Å². The third kappa shape index (κ3) is 2.94. The quantitative estimate of drug-likeness (QED) is 0.771. The van der Waals surface area contributed by atoms with Crippen molar-refractivity contribution in [3.8, 4) is 0 Å². The molecule has 4 fully saturated rings. The van der Waals surface area contributed by atoms with Gasteiger partial charge in [0.2, 0.25) is 0 Å². The summed E-state index contributed by atoms with van der Waals surface area (Å²) in [5, 5.41) is 19.2. The van der Waals surface area contributed by atoms with Gasteiger partial charge in [-0.15, -0.1) is 0 Å². The number of hydrogen-bond donors (Lipinski definition) is 1. The van der Waals surface area contributed by atoms with Gasteiger partial charge in [-0.2, -0.15) is 15.0 Å². The van der Waals surface area contributed by atoms with Gasteiger partial charge in [0, 0.05) is 5.92 Å². The number of aliphatic hydroxyl groups is 1. The van der Waals surface area contributed by atoms with Crippen LogP contribution in [0.4, 0.5) is 0 Å². The molecule has 5 rings (SSSR count). The lowest BCUT2D eigenvalue weighted by molar-refractivity contribution is -0.151. The number of ketones is 1. The van der Waals surface area contributed by atoms with Gasteiger partial charge in [-0.05, 0) is 106 Å². The SMILES string of the molecule is C[C@@H](C(=O)[C@H]1CC[C@H]2[C@@H]3CC[C@@H]4C[C@](C)(O)CC[C@]4(C)[C@H]3CC[C@]12C)n1nccn1. The van der Waals surface area contributed by atoms with Crippen LogP contribution in [0.2, 0.25) is 0 Å². The lowest BCUT2D eigenvalue weighted by atomic mass is 9.44. The van der Waals surface area contributed by atoms with E-state index in [9.17, 15) is 9.90 Å². The molecule has 4 aliphatic rings. The Bertz CT molecular complexity index is 805. The van der Waals surface area contributed by atoms with Gasteiger partial charge in [0.1, 0.15) is 6.04 Å². The Balaban J connectivity index is 1.37. The van der Waals surface area contributed by atoms with E-state index in [0.717, 1.165) is 31.1 Å². The van der Waals surface area contributed by atoms with E-state index in [1.165, 1.54) is 38.5 Å². The molecule has 30 heavy (non-hydrogen) atoms. The van der Waals surface area contributed by atoms with Crippen LogP contribution in [0.3, 0.4) is 0 Å². The van der Waals surface area contributed by atoms with E-state index in [-0.39, 0.29) is 17.4 Å². The van der Waals surface area contributed by atoms with E-state index in [1.54, 1.807) is 17.2 Å². The van der Waals surface area contributed by atoms with Gasteiger partial charge in [-0.1, -0.05) is 13.8 Å². The van der Waals surface area contributed by atoms with E-state index in [2.05, 4.69) is 24.0 Å². The molecule has 0 spiro atoms. The van der Waals surface area contributed by atoms with Crippen molar-refractivity contribution >= 4 is 5.78 Å². The molecule has 4 saturated carbocycles. The van der Waals surface area contributed by atoms with Gasteiger partial charge >= 0.3 is 0 Å². The average Bonchev–Trinajstić information content (AvgIpc) is 3.35. The van der Waals surface area contributed by atoms with Crippen molar-refractivity contribution in [2.45, 2.75) is 97.1 Å². The third-order valence-corrected chi connectivity index (χ3v) is 10.5. The Labute approximate surface area is 181 Å². The first-order valence-corrected chi connectivity index (χ1v) is 12.3. The van der Waals surface area contributed by atoms with E-state index in [4.69, 9.17) is 0 Å². The third-order valence-electron chi connectivity index (χ3n) is 10.5. The van der Waals surface area contributed by atoms with E-state index >= 15 is 0 Å². The number of carbonyl (C=O) groups excluding carboxylic acids is 1. The molecule has 0 aliphatic heterocycles. The smallest absolute Gasteiger partial charge is 0.162 e. The minimum atomic E-state index is -0.470. The zero-order valence-electron chi connectivity index (χ0n) is 19.2. The minimum Gasteiger partial charge on any atom is -0.390 e. The summed E-state index contributed by atoms with van der Waals surface area (Å²) in [5.41, 5.74) is 0.0333. The average molecular weight is 414 g/mol. The lowest BCUT2D eigenvalue weighted by Crippen LogP contribution is -2.55. The highest BCUT2D eigenvalue weighted by Gasteiger charge is 2.62. The molecule has 1 N–H and O–H groups in total. The Morgan fingerprint density at radius 3 is 2.40 bits per heavy atom. The summed E-state index contributed by atoms with van der Waals surface area (Å²) in [6.07, 6.45) is 13.6. The van der Waals surface area contributed by atoms with Crippen molar-refractivity contribution in [3.63, 3.8) is 0 Å². The predicted octanol–water partition coefficient (Wildman–Crippen LogP) is 4.82. The number of nitrogens with zero attached hydrogens (tertiary/aromatic N) is 3. The Kier molecular flexibility index (Phi) is 4.74. The standard InChI is InChI=1S/C25H39N3O2/c1-16(28-26-13-14-27-28)22(29)21-8-7-19-18-6-5-17-15-23(2,30)11-12-24(17,3)20(18)9-10-25(19,21)4/h13-14,16-21,30H,5-12,15H2,1-4H3/t16-,17+,18-,19-,20-,21+,23+,24-,25-/m0/s1. The number of rotatable bonds is 3. The molecule has 4 aliphatic carbocycles. The van der Waals surface area contributed by atoms with Gasteiger partial charge < -0.3 is 5.11 Å². The fraction of sp³-hybridized carbons (Fsp3) is 0.880. The second-order valence-corrected chi connectivity index (χ2v) is 12.0. The van der Waals surface area contributed by atoms with Gasteiger partial charge in [0.15, 0.2) is 5.78 Å². The number of aromatic nitrogens is 3. The first-order chi connectivity index (χ1) is 14.2. The Morgan fingerprint density at radius 1 is 0.967 bits per heavy atom. The summed E-state index contributed by atoms with van der Waals surface area (Å²) in [4.78, 5) is 15.1. The van der Waals surface area contributed by atoms with Gasteiger partial charge in [-0.25, -0.2) is 0 Å². The number of Topliss-reactive ketones (excluding diaryl/α,β-unsaturated/α-hetero) is 1. The molecule has 0 saturated heterocycles. The Hall–Kier alpha value is -1.23. The minimum absolute atomic E-state index is 0.128. The van der Waals surface area contributed by atoms with Gasteiger partial charge in [0.25, 0.3) is 0 Å². The van der Waals surface area contributed by atoms with Crippen molar-refractivity contribution in [3.05, 3.63) is 12.4 Å². The van der Waals surface area contributed by atoms with Crippen LogP contribution >= 0.6 is 0 Å². The summed E-state index contributed by atoms with van der Waals surface area (Å²) < 4.78 is 0. The number of carbonyl (C=O) groups is 1. The molecule has 0 unspecified atom stereocenters. The van der Waals surface area contributed by atoms with E-state index < -0.39 is 5.60 Å². The molecule has 1 aromatic heterocycles. The number of hydrogen-bond acceptors (Lipinski definition) is 4. The molecule has 0 amide bonds. The highest BCUT2D eigenvalue weighted by atomic mass is 16.3. The van der Waals surface area contributed by atoms with Crippen LogP contribution in [-0.2, 0) is 4.79 Å². The fourth-order valence-electron chi connectivity index (χ4n) is 8.73. The summed E-state index contributed by atoms with van der Waals surface area (Å²) in [6, 6.07) is -0.271. The van der Waals surface area contributed by atoms with Crippen LogP contribution in [0.1, 0.15) is 91.5 Å². The molecule has 5 nitrogen and oxygen atoms in total. The highest BCUT2D eigenvalue weighted by Crippen LogP contribution is 2.68. The molecule has 5 heteroatoms. The molecule has 0 aromatic carbocycles. The molecular weight excluding hydrogens is 374 g/mol. The summed E-state index contributed by atoms with van der Waals surface area (Å²) >= 11 is 0. The Morgan fingerprint density at radius 2 is 1.67 bits per heavy atom. The molecule has 9 atom stereocenters. The normalized spacial score (nSPS) is 49.0. The molecule has 166 valence electrons. The fourth-order valence-corrected chi connectivity index (χ4v) is 8.73. The monoisotopic (exact) mass is 413 g/mol. The van der Waals surface area contributed by atoms with Crippen molar-refractivity contribution in [2.75, 3.05) is 0 Å². The predicted molar refractivity (Wildman–Crippen MR) is 116 cm³/mol. The maximum atomic E-state index is 13.5. The molecule has 0 radical (unpaired) electrons. The first-order valence-electron chi connectivity index (χ1n) is 12.3. The second kappa shape index (κ2) is 6.88. The first kappa shape index (κ1) is 20.7. The second-order valence-electron chi connectivity index (χ2n) is 12.0. The van der Waals surface area contributed by atoms with E-state index in [1.807, 2.05) is 13.8 Å². The van der Waals surface area contributed by atoms with Crippen LogP contribution in [0, 0.1) is 40.4 Å². The van der Waals surface area contributed by atoms with Gasteiger partial charge in [-0.3, -0.25) is 4.79 Å². The van der Waals surface area contributed by atoms with Crippen molar-refractivity contribution in [2.24, 2.45) is 40.4 Å². The van der Waals surface area contributed by atoms with Crippen LogP contribution in [0.5, 0.6) is 0 Å². The van der Waals surface area contributed by atoms with E-state index in [0.29, 0.717) is 23.0 Å². The van der Waals surface area contributed by atoms with Gasteiger partial charge in [0.05, 0.1) is 18.0 Å². The summed E-state index contributed by atoms with van der Waals surface area (Å²) in [5.74, 6) is 3.33. The summed E-state index contributed by atoms with van der Waals surface area (Å²) in [7, 11) is 0. The van der Waals surface area contributed by atoms with Crippen LogP contribution in [-0.4, -0.2) is 31.5 Å². The molecular formula is C25H39N3O2. The van der Waals surface area contributed by atoms with Crippen molar-refractivity contribution in [1.29, 1.82) is 0 Å². The van der Waals surface area contributed by atoms with Crippen LogP contribution < -0.4 is 0 Å². The molecule has 1 heterocycles. The number of fused-ring (bicyclic) bond motifs is 5. The lowest BCUT2D eigenvalue weighted by Gasteiger charge is -2.61. The van der Waals surface area contributed by atoms with Crippen molar-refractivity contribution in [1.82, 2.24) is 15.0 Å². The maximum Gasteiger partial charge on any atom is 0.162 e. The van der Waals surface area contributed by atoms with Crippen LogP contribution in [0.15, 0.2) is 12.4 Å².